The Kier molecular flexibility index (Phi) is 12.1. The van der Waals surface area contributed by atoms with Crippen LogP contribution in [0, 0.1) is 5.92 Å². The van der Waals surface area contributed by atoms with Gasteiger partial charge in [-0.2, -0.15) is 5.30 Å². The van der Waals surface area contributed by atoms with Crippen LogP contribution in [0.1, 0.15) is 49.9 Å². The molecule has 0 heterocycles. The number of hydrogen-bond donors (Lipinski definition) is 0. The molecule has 0 saturated heterocycles. The Morgan fingerprint density at radius 3 is 2.14 bits per heavy atom. The van der Waals surface area contributed by atoms with Crippen LogP contribution in [-0.2, 0) is 0 Å². The van der Waals surface area contributed by atoms with Crippen LogP contribution in [-0.4, -0.2) is 26.4 Å². The second-order valence-corrected chi connectivity index (χ2v) is 7.82. The number of hydrogen-bond acceptors (Lipinski definition) is 4. The first-order valence-corrected chi connectivity index (χ1v) is 10.7. The van der Waals surface area contributed by atoms with Crippen LogP contribution < -0.4 is 38.4 Å². The predicted octanol–water partition coefficient (Wildman–Crippen LogP) is 2.71. The number of methoxy groups -OCH3 is 2. The first-order valence-electron chi connectivity index (χ1n) is 9.82. The second-order valence-electron chi connectivity index (χ2n) is 6.68. The minimum Gasteiger partial charge on any atom is -0.496 e. The van der Waals surface area contributed by atoms with Gasteiger partial charge in [-0.1, -0.05) is 51.3 Å². The summed E-state index contributed by atoms with van der Waals surface area (Å²) < 4.78 is 16.6. The predicted molar refractivity (Wildman–Crippen MR) is 116 cm³/mol. The zero-order chi connectivity index (χ0) is 20.4. The van der Waals surface area contributed by atoms with Crippen molar-refractivity contribution in [3.8, 4) is 17.2 Å². The van der Waals surface area contributed by atoms with Gasteiger partial charge in [0.15, 0.2) is 0 Å². The van der Waals surface area contributed by atoms with Crippen LogP contribution in [0.5, 0.6) is 17.2 Å². The molecule has 152 valence electrons. The molecule has 0 aromatic heterocycles. The van der Waals surface area contributed by atoms with Crippen LogP contribution >= 0.6 is 8.58 Å². The standard InChI is InChI=1S/C23H30O4P.Li/c1-5-7-9-17(6-2)16-27-18-12-14-19(15-13-18)28-23(24)22-20(25-3)10-8-11-21(22)26-4;/h8,10-15,17H,5-7,9,16H2,1-4H3;/q-1;+1. The third-order valence-electron chi connectivity index (χ3n) is 4.74. The van der Waals surface area contributed by atoms with Gasteiger partial charge in [-0.3, -0.25) is 0 Å². The maximum absolute atomic E-state index is 12.8. The quantitative estimate of drug-likeness (QED) is 0.400. The summed E-state index contributed by atoms with van der Waals surface area (Å²) in [7, 11) is 3.68. The molecule has 0 saturated carbocycles. The van der Waals surface area contributed by atoms with Crippen molar-refractivity contribution in [3.63, 3.8) is 0 Å². The summed E-state index contributed by atoms with van der Waals surface area (Å²) >= 11 is 0. The van der Waals surface area contributed by atoms with Gasteiger partial charge in [-0.25, -0.2) is 0 Å². The Balaban J connectivity index is 0.00000420. The molecule has 2 aromatic carbocycles. The average molecular weight is 408 g/mol. The fraction of sp³-hybridized carbons (Fsp3) is 0.435. The van der Waals surface area contributed by atoms with Gasteiger partial charge in [0.25, 0.3) is 0 Å². The largest absolute Gasteiger partial charge is 1.00 e. The fourth-order valence-corrected chi connectivity index (χ4v) is 3.83. The minimum absolute atomic E-state index is 0. The molecule has 1 unspecified atom stereocenters. The first kappa shape index (κ1) is 25.6. The minimum atomic E-state index is -0.0615. The van der Waals surface area contributed by atoms with Crippen molar-refractivity contribution in [2.45, 2.75) is 39.5 Å². The van der Waals surface area contributed by atoms with Crippen LogP contribution in [0.2, 0.25) is 0 Å². The number of benzene rings is 2. The third kappa shape index (κ3) is 7.71. The molecule has 0 radical (unpaired) electrons. The van der Waals surface area contributed by atoms with Gasteiger partial charge in [0.1, 0.15) is 17.2 Å². The normalized spacial score (nSPS) is 11.7. The molecule has 29 heavy (non-hydrogen) atoms. The molecule has 0 amide bonds. The molecule has 1 atom stereocenters. The number of carbonyl (C=O) groups is 1. The Labute approximate surface area is 188 Å². The SMILES string of the molecule is CCCCC(CC)COc1ccc([P-]C(=O)c2c(OC)cccc2OC)cc1.[Li+]. The van der Waals surface area contributed by atoms with Crippen molar-refractivity contribution in [2.24, 2.45) is 5.92 Å². The summed E-state index contributed by atoms with van der Waals surface area (Å²) in [4.78, 5) is 12.8. The van der Waals surface area contributed by atoms with Crippen molar-refractivity contribution < 1.29 is 37.9 Å². The number of carbonyl (C=O) groups excluding carboxylic acids is 1. The zero-order valence-electron chi connectivity index (χ0n) is 18.2. The van der Waals surface area contributed by atoms with Crippen molar-refractivity contribution in [1.29, 1.82) is 0 Å². The van der Waals surface area contributed by atoms with Gasteiger partial charge in [0.05, 0.1) is 26.4 Å². The van der Waals surface area contributed by atoms with Crippen LogP contribution in [0.4, 0.5) is 0 Å². The van der Waals surface area contributed by atoms with Crippen molar-refractivity contribution in [1.82, 2.24) is 0 Å². The van der Waals surface area contributed by atoms with Crippen LogP contribution in [0.3, 0.4) is 0 Å². The molecular weight excluding hydrogens is 378 g/mol. The molecule has 4 nitrogen and oxygen atoms in total. The average Bonchev–Trinajstić information content (AvgIpc) is 2.74. The van der Waals surface area contributed by atoms with E-state index in [0.29, 0.717) is 31.6 Å². The Morgan fingerprint density at radius 1 is 1.00 bits per heavy atom. The first-order chi connectivity index (χ1) is 13.6. The van der Waals surface area contributed by atoms with Crippen molar-refractivity contribution >= 4 is 19.4 Å². The zero-order valence-corrected chi connectivity index (χ0v) is 19.1. The van der Waals surface area contributed by atoms with E-state index in [4.69, 9.17) is 14.2 Å². The molecule has 6 heteroatoms. The van der Waals surface area contributed by atoms with Crippen LogP contribution in [0.15, 0.2) is 42.5 Å². The van der Waals surface area contributed by atoms with E-state index < -0.39 is 0 Å². The van der Waals surface area contributed by atoms with E-state index in [1.54, 1.807) is 26.4 Å². The smallest absolute Gasteiger partial charge is 0.496 e. The van der Waals surface area contributed by atoms with E-state index >= 15 is 0 Å². The molecule has 2 rings (SSSR count). The summed E-state index contributed by atoms with van der Waals surface area (Å²) in [5.74, 6) is 2.48. The maximum atomic E-state index is 12.8. The summed E-state index contributed by atoms with van der Waals surface area (Å²) in [5, 5.41) is 0.906. The molecule has 0 aliphatic carbocycles. The number of ether oxygens (including phenoxy) is 3. The fourth-order valence-electron chi connectivity index (χ4n) is 2.96. The number of unbranched alkanes of at least 4 members (excludes halogenated alkanes) is 1. The van der Waals surface area contributed by atoms with Gasteiger partial charge >= 0.3 is 18.9 Å². The molecule has 2 aromatic rings. The molecule has 0 fully saturated rings. The molecule has 0 aliphatic heterocycles. The molecule has 0 N–H and O–H groups in total. The molecule has 0 aliphatic rings. The van der Waals surface area contributed by atoms with Gasteiger partial charge in [0, 0.05) is 5.52 Å². The third-order valence-corrected chi connectivity index (χ3v) is 5.72. The van der Waals surface area contributed by atoms with Gasteiger partial charge in [-0.15, -0.1) is 0 Å². The number of rotatable bonds is 12. The van der Waals surface area contributed by atoms with E-state index in [0.717, 1.165) is 24.1 Å². The van der Waals surface area contributed by atoms with E-state index in [1.807, 2.05) is 30.3 Å². The monoisotopic (exact) mass is 408 g/mol. The second kappa shape index (κ2) is 13.7. The topological polar surface area (TPSA) is 44.8 Å². The Morgan fingerprint density at radius 2 is 1.62 bits per heavy atom. The van der Waals surface area contributed by atoms with Crippen molar-refractivity contribution in [3.05, 3.63) is 48.0 Å². The summed E-state index contributed by atoms with van der Waals surface area (Å²) in [6.07, 6.45) is 4.80. The molecule has 0 bridgehead atoms. The van der Waals surface area contributed by atoms with Gasteiger partial charge < -0.3 is 27.6 Å². The summed E-state index contributed by atoms with van der Waals surface area (Å²) in [6, 6.07) is 13.1. The Hall–Kier alpha value is -1.46. The van der Waals surface area contributed by atoms with Crippen LogP contribution in [0.25, 0.3) is 0 Å². The van der Waals surface area contributed by atoms with E-state index in [9.17, 15) is 4.79 Å². The summed E-state index contributed by atoms with van der Waals surface area (Å²) in [6.45, 7) is 5.17. The maximum Gasteiger partial charge on any atom is 1.00 e. The summed E-state index contributed by atoms with van der Waals surface area (Å²) in [5.41, 5.74) is 0.407. The molecular formula is C23H30LiO4P. The molecule has 0 spiro atoms. The Bertz CT molecular complexity index is 727. The van der Waals surface area contributed by atoms with E-state index in [-0.39, 0.29) is 24.4 Å². The van der Waals surface area contributed by atoms with Gasteiger partial charge in [-0.05, 0) is 36.6 Å². The van der Waals surface area contributed by atoms with Crippen molar-refractivity contribution in [2.75, 3.05) is 20.8 Å². The van der Waals surface area contributed by atoms with Gasteiger partial charge in [0.2, 0.25) is 0 Å². The van der Waals surface area contributed by atoms with E-state index in [1.165, 1.54) is 19.3 Å². The van der Waals surface area contributed by atoms with E-state index in [2.05, 4.69) is 13.8 Å².